The Balaban J connectivity index is 1.31. The highest BCUT2D eigenvalue weighted by atomic mass is 32.2. The number of nitrogens with two attached hydrogens (primary N) is 1. The number of primary sulfonamides is 1. The number of sulfonamides is 1. The first-order valence-electron chi connectivity index (χ1n) is 11.3. The summed E-state index contributed by atoms with van der Waals surface area (Å²) in [6.07, 6.45) is 1.35. The van der Waals surface area contributed by atoms with E-state index in [4.69, 9.17) is 10.1 Å². The van der Waals surface area contributed by atoms with Crippen LogP contribution in [0.3, 0.4) is 0 Å². The summed E-state index contributed by atoms with van der Waals surface area (Å²) in [6, 6.07) is 18.1. The van der Waals surface area contributed by atoms with Gasteiger partial charge in [-0.25, -0.2) is 18.5 Å². The van der Waals surface area contributed by atoms with Crippen molar-refractivity contribution in [2.75, 3.05) is 6.54 Å². The number of carbonyl (C=O) groups is 1. The number of thioether (sulfide) groups is 1. The zero-order chi connectivity index (χ0) is 25.5. The second-order valence-corrected chi connectivity index (χ2v) is 11.6. The van der Waals surface area contributed by atoms with Crippen molar-refractivity contribution >= 4 is 49.2 Å². The second kappa shape index (κ2) is 11.8. The molecule has 2 heterocycles. The molecule has 0 aliphatic carbocycles. The lowest BCUT2D eigenvalue weighted by atomic mass is 10.1. The highest BCUT2D eigenvalue weighted by molar-refractivity contribution is 7.98. The molecule has 0 unspecified atom stereocenters. The molecular weight excluding hydrogens is 517 g/mol. The molecule has 0 fully saturated rings. The Bertz CT molecular complexity index is 1500. The van der Waals surface area contributed by atoms with Crippen LogP contribution in [0.4, 0.5) is 0 Å². The van der Waals surface area contributed by atoms with Crippen molar-refractivity contribution in [2.24, 2.45) is 5.14 Å². The van der Waals surface area contributed by atoms with Crippen molar-refractivity contribution in [3.63, 3.8) is 0 Å². The smallest absolute Gasteiger partial charge is 0.272 e. The van der Waals surface area contributed by atoms with Crippen LogP contribution in [0.2, 0.25) is 0 Å². The largest absolute Gasteiger partial charge is 0.356 e. The van der Waals surface area contributed by atoms with Crippen LogP contribution in [-0.2, 0) is 33.5 Å². The maximum absolute atomic E-state index is 13.1. The monoisotopic (exact) mass is 542 g/mol. The first kappa shape index (κ1) is 26.1. The standard InChI is InChI=1S/C25H26N4O4S3/c26-36(32,33)20-10-8-18(9-11-20)12-14-27-22(30)7-4-15-29-24(31)23-21(13-16-34-23)28-25(29)35-17-19-5-2-1-3-6-19/h1-3,5-6,8-11,13,16H,4,7,12,14-15,17H2,(H,27,30)(H2,26,32,33). The maximum Gasteiger partial charge on any atom is 0.272 e. The van der Waals surface area contributed by atoms with E-state index >= 15 is 0 Å². The molecular formula is C25H26N4O4S3. The summed E-state index contributed by atoms with van der Waals surface area (Å²) >= 11 is 2.89. The summed E-state index contributed by atoms with van der Waals surface area (Å²) < 4.78 is 25.0. The predicted octanol–water partition coefficient (Wildman–Crippen LogP) is 3.54. The number of fused-ring (bicyclic) bond motifs is 1. The lowest BCUT2D eigenvalue weighted by molar-refractivity contribution is -0.121. The van der Waals surface area contributed by atoms with Crippen molar-refractivity contribution in [1.29, 1.82) is 0 Å². The minimum absolute atomic E-state index is 0.0575. The van der Waals surface area contributed by atoms with Crippen molar-refractivity contribution in [3.8, 4) is 0 Å². The van der Waals surface area contributed by atoms with Crippen LogP contribution in [0.5, 0.6) is 0 Å². The topological polar surface area (TPSA) is 124 Å². The fourth-order valence-electron chi connectivity index (χ4n) is 3.63. The summed E-state index contributed by atoms with van der Waals surface area (Å²) in [5, 5.41) is 10.5. The van der Waals surface area contributed by atoms with Gasteiger partial charge in [0.2, 0.25) is 15.9 Å². The van der Waals surface area contributed by atoms with E-state index in [-0.39, 0.29) is 22.8 Å². The summed E-state index contributed by atoms with van der Waals surface area (Å²) in [7, 11) is -3.72. The number of rotatable bonds is 11. The van der Waals surface area contributed by atoms with E-state index in [9.17, 15) is 18.0 Å². The Labute approximate surface area is 217 Å². The van der Waals surface area contributed by atoms with Crippen LogP contribution < -0.4 is 16.0 Å². The van der Waals surface area contributed by atoms with Gasteiger partial charge in [-0.1, -0.05) is 54.2 Å². The molecule has 3 N–H and O–H groups in total. The van der Waals surface area contributed by atoms with Crippen LogP contribution >= 0.6 is 23.1 Å². The first-order chi connectivity index (χ1) is 17.3. The van der Waals surface area contributed by atoms with E-state index in [1.807, 2.05) is 41.8 Å². The van der Waals surface area contributed by atoms with E-state index in [0.29, 0.717) is 47.1 Å². The van der Waals surface area contributed by atoms with Crippen molar-refractivity contribution in [3.05, 3.63) is 87.5 Å². The highest BCUT2D eigenvalue weighted by Crippen LogP contribution is 2.24. The van der Waals surface area contributed by atoms with Crippen molar-refractivity contribution in [2.45, 2.75) is 41.6 Å². The third-order valence-corrected chi connectivity index (χ3v) is 8.38. The molecule has 188 valence electrons. The summed E-state index contributed by atoms with van der Waals surface area (Å²) in [4.78, 5) is 30.2. The lowest BCUT2D eigenvalue weighted by Gasteiger charge is -2.12. The Morgan fingerprint density at radius 3 is 2.53 bits per heavy atom. The average molecular weight is 543 g/mol. The lowest BCUT2D eigenvalue weighted by Crippen LogP contribution is -2.27. The van der Waals surface area contributed by atoms with Crippen LogP contribution in [0, 0.1) is 0 Å². The van der Waals surface area contributed by atoms with E-state index in [2.05, 4.69) is 5.32 Å². The van der Waals surface area contributed by atoms with Gasteiger partial charge in [-0.3, -0.25) is 14.2 Å². The van der Waals surface area contributed by atoms with E-state index < -0.39 is 10.0 Å². The molecule has 0 radical (unpaired) electrons. The SMILES string of the molecule is NS(=O)(=O)c1ccc(CCNC(=O)CCCn2c(SCc3ccccc3)nc3ccsc3c2=O)cc1. The fourth-order valence-corrected chi connectivity index (χ4v) is 5.91. The highest BCUT2D eigenvalue weighted by Gasteiger charge is 2.14. The van der Waals surface area contributed by atoms with Crippen LogP contribution in [0.25, 0.3) is 10.2 Å². The fraction of sp³-hybridized carbons (Fsp3) is 0.240. The van der Waals surface area contributed by atoms with Crippen LogP contribution in [0.15, 0.2) is 80.9 Å². The third kappa shape index (κ3) is 6.82. The molecule has 8 nitrogen and oxygen atoms in total. The van der Waals surface area contributed by atoms with E-state index in [0.717, 1.165) is 11.1 Å². The third-order valence-electron chi connectivity index (χ3n) is 5.51. The van der Waals surface area contributed by atoms with E-state index in [1.54, 1.807) is 16.7 Å². The molecule has 0 aliphatic heterocycles. The van der Waals surface area contributed by atoms with E-state index in [1.165, 1.54) is 35.2 Å². The minimum Gasteiger partial charge on any atom is -0.356 e. The number of benzene rings is 2. The molecule has 0 spiro atoms. The zero-order valence-electron chi connectivity index (χ0n) is 19.4. The number of aromatic nitrogens is 2. The molecule has 36 heavy (non-hydrogen) atoms. The number of hydrogen-bond donors (Lipinski definition) is 2. The molecule has 4 rings (SSSR count). The van der Waals surface area contributed by atoms with Gasteiger partial charge in [0.25, 0.3) is 5.56 Å². The van der Waals surface area contributed by atoms with Crippen molar-refractivity contribution in [1.82, 2.24) is 14.9 Å². The Morgan fingerprint density at radius 1 is 1.06 bits per heavy atom. The predicted molar refractivity (Wildman–Crippen MR) is 144 cm³/mol. The van der Waals surface area contributed by atoms with Crippen molar-refractivity contribution < 1.29 is 13.2 Å². The molecule has 0 saturated carbocycles. The summed E-state index contributed by atoms with van der Waals surface area (Å²) in [5.41, 5.74) is 2.66. The summed E-state index contributed by atoms with van der Waals surface area (Å²) in [5.74, 6) is 0.592. The van der Waals surface area contributed by atoms with Gasteiger partial charge in [-0.05, 0) is 47.5 Å². The Morgan fingerprint density at radius 2 is 1.81 bits per heavy atom. The number of thiophene rings is 1. The number of amides is 1. The first-order valence-corrected chi connectivity index (χ1v) is 14.8. The van der Waals surface area contributed by atoms with Gasteiger partial charge in [-0.15, -0.1) is 11.3 Å². The van der Waals surface area contributed by atoms with Gasteiger partial charge in [-0.2, -0.15) is 0 Å². The number of carbonyl (C=O) groups excluding carboxylic acids is 1. The molecule has 0 saturated heterocycles. The number of nitrogens with zero attached hydrogens (tertiary/aromatic N) is 2. The maximum atomic E-state index is 13.1. The molecule has 0 atom stereocenters. The molecule has 1 amide bonds. The normalized spacial score (nSPS) is 11.6. The van der Waals surface area contributed by atoms with Gasteiger partial charge in [0.15, 0.2) is 5.16 Å². The molecule has 0 bridgehead atoms. The Kier molecular flexibility index (Phi) is 8.57. The zero-order valence-corrected chi connectivity index (χ0v) is 21.9. The van der Waals surface area contributed by atoms with Gasteiger partial charge in [0, 0.05) is 25.3 Å². The molecule has 0 aliphatic rings. The minimum atomic E-state index is -3.72. The number of nitrogens with one attached hydrogen (secondary N) is 1. The number of hydrogen-bond acceptors (Lipinski definition) is 7. The summed E-state index contributed by atoms with van der Waals surface area (Å²) in [6.45, 7) is 0.827. The molecule has 2 aromatic carbocycles. The van der Waals surface area contributed by atoms with Crippen LogP contribution in [0.1, 0.15) is 24.0 Å². The molecule has 4 aromatic rings. The second-order valence-electron chi connectivity index (χ2n) is 8.15. The average Bonchev–Trinajstić information content (AvgIpc) is 3.34. The quantitative estimate of drug-likeness (QED) is 0.221. The molecule has 2 aromatic heterocycles. The Hall–Kier alpha value is -2.99. The molecule has 11 heteroatoms. The van der Waals surface area contributed by atoms with Gasteiger partial charge >= 0.3 is 0 Å². The van der Waals surface area contributed by atoms with Gasteiger partial charge < -0.3 is 5.32 Å². The van der Waals surface area contributed by atoms with Gasteiger partial charge in [0.1, 0.15) is 4.70 Å². The van der Waals surface area contributed by atoms with Gasteiger partial charge in [0.05, 0.1) is 10.4 Å². The van der Waals surface area contributed by atoms with Crippen LogP contribution in [-0.4, -0.2) is 30.4 Å².